The highest BCUT2D eigenvalue weighted by molar-refractivity contribution is 5.01. The summed E-state index contributed by atoms with van der Waals surface area (Å²) in [7, 11) is 0. The largest absolute Gasteiger partial charge is 0.396 e. The van der Waals surface area contributed by atoms with Gasteiger partial charge in [-0.2, -0.15) is 0 Å². The van der Waals surface area contributed by atoms with E-state index in [1.807, 2.05) is 0 Å². The van der Waals surface area contributed by atoms with Gasteiger partial charge >= 0.3 is 0 Å². The van der Waals surface area contributed by atoms with Crippen molar-refractivity contribution in [3.8, 4) is 0 Å². The van der Waals surface area contributed by atoms with Crippen LogP contribution in [0.25, 0.3) is 0 Å². The lowest BCUT2D eigenvalue weighted by molar-refractivity contribution is 0.0329. The van der Waals surface area contributed by atoms with Crippen LogP contribution >= 0.6 is 0 Å². The van der Waals surface area contributed by atoms with Crippen molar-refractivity contribution in [3.05, 3.63) is 0 Å². The molecule has 2 rings (SSSR count). The van der Waals surface area contributed by atoms with Crippen molar-refractivity contribution in [2.45, 2.75) is 20.3 Å². The number of hydrogen-bond acceptors (Lipinski definition) is 2. The Kier molecular flexibility index (Phi) is 2.37. The molecule has 0 aromatic rings. The summed E-state index contributed by atoms with van der Waals surface area (Å²) in [6.45, 7) is 5.13. The van der Waals surface area contributed by atoms with Crippen LogP contribution in [0.1, 0.15) is 20.3 Å². The quantitative estimate of drug-likeness (QED) is 0.675. The summed E-state index contributed by atoms with van der Waals surface area (Å²) in [4.78, 5) is 0. The molecule has 13 heavy (non-hydrogen) atoms. The van der Waals surface area contributed by atoms with Gasteiger partial charge in [0.1, 0.15) is 0 Å². The maximum absolute atomic E-state index is 9.28. The van der Waals surface area contributed by atoms with Gasteiger partial charge in [-0.05, 0) is 41.9 Å². The smallest absolute Gasteiger partial charge is 0.0465 e. The van der Waals surface area contributed by atoms with E-state index in [0.717, 1.165) is 11.8 Å². The van der Waals surface area contributed by atoms with E-state index >= 15 is 0 Å². The fourth-order valence-electron chi connectivity index (χ4n) is 3.83. The molecule has 2 aliphatic rings. The molecule has 2 saturated carbocycles. The minimum atomic E-state index is 0.267. The Morgan fingerprint density at radius 3 is 1.62 bits per heavy atom. The first-order valence-corrected chi connectivity index (χ1v) is 5.42. The van der Waals surface area contributed by atoms with E-state index in [4.69, 9.17) is 0 Å². The molecule has 2 bridgehead atoms. The minimum absolute atomic E-state index is 0.267. The minimum Gasteiger partial charge on any atom is -0.396 e. The molecule has 0 saturated heterocycles. The second-order valence-corrected chi connectivity index (χ2v) is 4.97. The Bertz CT molecular complexity index is 169. The average Bonchev–Trinajstić information content (AvgIpc) is 2.63. The summed E-state index contributed by atoms with van der Waals surface area (Å²) in [6.07, 6.45) is 1.23. The molecular weight excluding hydrogens is 164 g/mol. The normalized spacial score (nSPS) is 54.5. The summed E-state index contributed by atoms with van der Waals surface area (Å²) in [5.41, 5.74) is 0. The Hall–Kier alpha value is -0.0800. The van der Waals surface area contributed by atoms with Gasteiger partial charge in [-0.25, -0.2) is 0 Å². The van der Waals surface area contributed by atoms with Crippen molar-refractivity contribution >= 4 is 0 Å². The standard InChI is InChI=1S/C11H20O2/c1-6-7(2)9-3-8(6)10(4-12)11(9)5-13/h6-13H,3-5H2,1-2H3. The van der Waals surface area contributed by atoms with E-state index in [2.05, 4.69) is 13.8 Å². The summed E-state index contributed by atoms with van der Waals surface area (Å²) in [6, 6.07) is 0. The second kappa shape index (κ2) is 3.25. The highest BCUT2D eigenvalue weighted by atomic mass is 16.3. The molecule has 2 heteroatoms. The number of aliphatic hydroxyl groups excluding tert-OH is 2. The van der Waals surface area contributed by atoms with Gasteiger partial charge in [0.2, 0.25) is 0 Å². The molecule has 0 aromatic carbocycles. The molecule has 0 aliphatic heterocycles. The van der Waals surface area contributed by atoms with Crippen LogP contribution in [0.4, 0.5) is 0 Å². The van der Waals surface area contributed by atoms with E-state index in [-0.39, 0.29) is 13.2 Å². The highest BCUT2D eigenvalue weighted by Gasteiger charge is 2.53. The third kappa shape index (κ3) is 1.15. The summed E-state index contributed by atoms with van der Waals surface area (Å²) >= 11 is 0. The molecule has 6 unspecified atom stereocenters. The third-order valence-electron chi connectivity index (χ3n) is 4.80. The molecular formula is C11H20O2. The lowest BCUT2D eigenvalue weighted by atomic mass is 9.70. The SMILES string of the molecule is CC1C(C)C2CC1C(CO)C2CO. The number of rotatable bonds is 2. The van der Waals surface area contributed by atoms with Gasteiger partial charge in [-0.3, -0.25) is 0 Å². The van der Waals surface area contributed by atoms with Gasteiger partial charge in [0.25, 0.3) is 0 Å². The van der Waals surface area contributed by atoms with Gasteiger partial charge in [-0.15, -0.1) is 0 Å². The van der Waals surface area contributed by atoms with Gasteiger partial charge in [0.15, 0.2) is 0 Å². The van der Waals surface area contributed by atoms with Crippen LogP contribution in [0.15, 0.2) is 0 Å². The number of aliphatic hydroxyl groups is 2. The molecule has 2 nitrogen and oxygen atoms in total. The summed E-state index contributed by atoms with van der Waals surface area (Å²) < 4.78 is 0. The van der Waals surface area contributed by atoms with Crippen molar-refractivity contribution in [1.82, 2.24) is 0 Å². The molecule has 6 atom stereocenters. The second-order valence-electron chi connectivity index (χ2n) is 4.97. The molecule has 0 heterocycles. The topological polar surface area (TPSA) is 40.5 Å². The van der Waals surface area contributed by atoms with Gasteiger partial charge in [0, 0.05) is 13.2 Å². The van der Waals surface area contributed by atoms with Gasteiger partial charge in [-0.1, -0.05) is 13.8 Å². The zero-order valence-electron chi connectivity index (χ0n) is 8.48. The van der Waals surface area contributed by atoms with Crippen LogP contribution in [0.5, 0.6) is 0 Å². The van der Waals surface area contributed by atoms with Gasteiger partial charge < -0.3 is 10.2 Å². The molecule has 0 radical (unpaired) electrons. The zero-order chi connectivity index (χ0) is 9.59. The molecule has 76 valence electrons. The van der Waals surface area contributed by atoms with Crippen molar-refractivity contribution in [1.29, 1.82) is 0 Å². The van der Waals surface area contributed by atoms with Crippen LogP contribution in [0.2, 0.25) is 0 Å². The Morgan fingerprint density at radius 1 is 0.923 bits per heavy atom. The molecule has 0 spiro atoms. The molecule has 2 aliphatic carbocycles. The van der Waals surface area contributed by atoms with Crippen molar-refractivity contribution in [2.24, 2.45) is 35.5 Å². The Labute approximate surface area is 80.0 Å². The number of hydrogen-bond donors (Lipinski definition) is 2. The predicted molar refractivity (Wildman–Crippen MR) is 51.1 cm³/mol. The third-order valence-corrected chi connectivity index (χ3v) is 4.80. The lowest BCUT2D eigenvalue weighted by Gasteiger charge is -2.36. The fourth-order valence-corrected chi connectivity index (χ4v) is 3.83. The maximum atomic E-state index is 9.28. The van der Waals surface area contributed by atoms with Gasteiger partial charge in [0.05, 0.1) is 0 Å². The number of fused-ring (bicyclic) bond motifs is 2. The van der Waals surface area contributed by atoms with E-state index in [1.165, 1.54) is 6.42 Å². The fraction of sp³-hybridized carbons (Fsp3) is 1.00. The summed E-state index contributed by atoms with van der Waals surface area (Å²) in [5.74, 6) is 3.57. The Morgan fingerprint density at radius 2 is 1.31 bits per heavy atom. The summed E-state index contributed by atoms with van der Waals surface area (Å²) in [5, 5.41) is 18.6. The predicted octanol–water partition coefficient (Wildman–Crippen LogP) is 1.13. The molecule has 0 amide bonds. The van der Waals surface area contributed by atoms with E-state index in [9.17, 15) is 10.2 Å². The van der Waals surface area contributed by atoms with Crippen LogP contribution in [0, 0.1) is 35.5 Å². The van der Waals surface area contributed by atoms with Crippen molar-refractivity contribution < 1.29 is 10.2 Å². The highest BCUT2D eigenvalue weighted by Crippen LogP contribution is 2.57. The van der Waals surface area contributed by atoms with Crippen LogP contribution < -0.4 is 0 Å². The van der Waals surface area contributed by atoms with E-state index in [1.54, 1.807) is 0 Å². The first-order chi connectivity index (χ1) is 6.20. The van der Waals surface area contributed by atoms with Crippen LogP contribution in [-0.2, 0) is 0 Å². The average molecular weight is 184 g/mol. The van der Waals surface area contributed by atoms with Crippen LogP contribution in [0.3, 0.4) is 0 Å². The monoisotopic (exact) mass is 184 g/mol. The lowest BCUT2D eigenvalue weighted by Crippen LogP contribution is -2.36. The molecule has 2 N–H and O–H groups in total. The van der Waals surface area contributed by atoms with Crippen molar-refractivity contribution in [2.75, 3.05) is 13.2 Å². The maximum Gasteiger partial charge on any atom is 0.0465 e. The van der Waals surface area contributed by atoms with E-state index in [0.29, 0.717) is 23.7 Å². The van der Waals surface area contributed by atoms with E-state index < -0.39 is 0 Å². The molecule has 0 aromatic heterocycles. The first-order valence-electron chi connectivity index (χ1n) is 5.42. The van der Waals surface area contributed by atoms with Crippen molar-refractivity contribution in [3.63, 3.8) is 0 Å². The Balaban J connectivity index is 2.17. The van der Waals surface area contributed by atoms with Crippen LogP contribution in [-0.4, -0.2) is 23.4 Å². The molecule has 2 fully saturated rings. The zero-order valence-corrected chi connectivity index (χ0v) is 8.48. The first kappa shape index (κ1) is 9.47.